The number of unbranched alkanes of at least 4 members (excludes halogenated alkanes) is 15. The normalized spacial score (nSPS) is 13.3. The van der Waals surface area contributed by atoms with E-state index in [1.807, 2.05) is 13.8 Å². The summed E-state index contributed by atoms with van der Waals surface area (Å²) < 4.78 is 0. The summed E-state index contributed by atoms with van der Waals surface area (Å²) in [6.07, 6.45) is 23.7. The van der Waals surface area contributed by atoms with Crippen molar-refractivity contribution in [1.29, 1.82) is 0 Å². The first-order valence-electron chi connectivity index (χ1n) is 11.4. The second-order valence-corrected chi connectivity index (χ2v) is 11.1. The largest absolute Gasteiger partial charge is 0.270 e. The molecule has 0 aliphatic carbocycles. The molecule has 0 saturated heterocycles. The highest BCUT2D eigenvalue weighted by Gasteiger charge is 2.37. The molecule has 0 radical (unpaired) electrons. The van der Waals surface area contributed by atoms with Gasteiger partial charge in [-0.3, -0.25) is 0 Å². The van der Waals surface area contributed by atoms with Crippen molar-refractivity contribution in [1.82, 2.24) is 0 Å². The summed E-state index contributed by atoms with van der Waals surface area (Å²) in [5.41, 5.74) is 0.101. The van der Waals surface area contributed by atoms with Crippen LogP contribution in [-0.2, 0) is 0 Å². The summed E-state index contributed by atoms with van der Waals surface area (Å²) in [4.78, 5) is 19.8. The summed E-state index contributed by atoms with van der Waals surface area (Å²) >= 11 is 0. The molecule has 1 atom stereocenters. The number of hydrogen-bond acceptors (Lipinski definition) is 2. The number of rotatable bonds is 19. The molecule has 0 rings (SSSR count). The summed E-state index contributed by atoms with van der Waals surface area (Å²) in [5.74, 6) is 0. The Balaban J connectivity index is 3.17. The van der Waals surface area contributed by atoms with E-state index in [0.717, 1.165) is 12.8 Å². The first-order valence-corrected chi connectivity index (χ1v) is 13.3. The van der Waals surface area contributed by atoms with E-state index in [1.165, 1.54) is 96.3 Å². The summed E-state index contributed by atoms with van der Waals surface area (Å²) in [6.45, 7) is 6.17. The van der Waals surface area contributed by atoms with Gasteiger partial charge in [-0.05, 0) is 26.7 Å². The van der Waals surface area contributed by atoms with Crippen LogP contribution in [0.15, 0.2) is 0 Å². The Kier molecular flexibility index (Phi) is 18.0. The van der Waals surface area contributed by atoms with Crippen molar-refractivity contribution in [2.75, 3.05) is 6.16 Å². The highest BCUT2D eigenvalue weighted by atomic mass is 31.2. The first kappa shape index (κ1) is 25.4. The molecule has 0 aromatic heterocycles. The SMILES string of the molecule is CCCCCCCCCCCCCCCCCCC(C)[P+](O)(O)CC. The van der Waals surface area contributed by atoms with Gasteiger partial charge in [0.25, 0.3) is 7.72 Å². The molecule has 25 heavy (non-hydrogen) atoms. The van der Waals surface area contributed by atoms with E-state index in [9.17, 15) is 9.79 Å². The van der Waals surface area contributed by atoms with Crippen LogP contribution in [-0.4, -0.2) is 21.6 Å². The zero-order valence-electron chi connectivity index (χ0n) is 17.6. The van der Waals surface area contributed by atoms with Crippen molar-refractivity contribution in [2.45, 2.75) is 136 Å². The van der Waals surface area contributed by atoms with Crippen LogP contribution in [0.2, 0.25) is 0 Å². The maximum Gasteiger partial charge on any atom is 0.270 e. The highest BCUT2D eigenvalue weighted by Crippen LogP contribution is 2.55. The first-order chi connectivity index (χ1) is 12.0. The fraction of sp³-hybridized carbons (Fsp3) is 1.00. The van der Waals surface area contributed by atoms with E-state index in [2.05, 4.69) is 6.92 Å². The predicted octanol–water partition coefficient (Wildman–Crippen LogP) is 7.88. The molecular formula is C22H48O2P+. The lowest BCUT2D eigenvalue weighted by molar-refractivity contribution is 0.426. The minimum atomic E-state index is -2.60. The van der Waals surface area contributed by atoms with Crippen molar-refractivity contribution in [3.05, 3.63) is 0 Å². The molecule has 0 aromatic carbocycles. The van der Waals surface area contributed by atoms with Crippen molar-refractivity contribution in [3.8, 4) is 0 Å². The van der Waals surface area contributed by atoms with Crippen LogP contribution in [0, 0.1) is 0 Å². The van der Waals surface area contributed by atoms with Gasteiger partial charge in [-0.1, -0.05) is 103 Å². The third-order valence-corrected chi connectivity index (χ3v) is 8.25. The lowest BCUT2D eigenvalue weighted by Crippen LogP contribution is -2.10. The molecule has 2 nitrogen and oxygen atoms in total. The predicted molar refractivity (Wildman–Crippen MR) is 116 cm³/mol. The van der Waals surface area contributed by atoms with Gasteiger partial charge in [0.2, 0.25) is 0 Å². The van der Waals surface area contributed by atoms with Crippen molar-refractivity contribution < 1.29 is 9.79 Å². The Hall–Kier alpha value is 0.350. The Morgan fingerprint density at radius 3 is 1.20 bits per heavy atom. The molecule has 0 amide bonds. The molecule has 1 unspecified atom stereocenters. The minimum absolute atomic E-state index is 0.101. The Bertz CT molecular complexity index is 269. The van der Waals surface area contributed by atoms with Crippen molar-refractivity contribution in [3.63, 3.8) is 0 Å². The molecule has 0 heterocycles. The van der Waals surface area contributed by atoms with Crippen LogP contribution in [0.4, 0.5) is 0 Å². The molecule has 0 fully saturated rings. The van der Waals surface area contributed by atoms with Gasteiger partial charge in [-0.2, -0.15) is 0 Å². The molecule has 0 aromatic rings. The van der Waals surface area contributed by atoms with Gasteiger partial charge in [0.15, 0.2) is 0 Å². The second-order valence-electron chi connectivity index (χ2n) is 8.04. The van der Waals surface area contributed by atoms with Crippen LogP contribution in [0.25, 0.3) is 0 Å². The monoisotopic (exact) mass is 375 g/mol. The van der Waals surface area contributed by atoms with Crippen molar-refractivity contribution in [2.24, 2.45) is 0 Å². The van der Waals surface area contributed by atoms with E-state index >= 15 is 0 Å². The molecule has 0 saturated carbocycles. The molecule has 152 valence electrons. The molecule has 2 N–H and O–H groups in total. The van der Waals surface area contributed by atoms with Crippen LogP contribution < -0.4 is 0 Å². The standard InChI is InChI=1S/C22H48O2P/c1-4-6-7-8-9-10-11-12-13-14-15-16-17-18-19-20-21-22(3)25(23,24)5-2/h22-24H,4-21H2,1-3H3/q+1. The van der Waals surface area contributed by atoms with Gasteiger partial charge in [0.05, 0.1) is 0 Å². The van der Waals surface area contributed by atoms with E-state index in [4.69, 9.17) is 0 Å². The molecule has 0 bridgehead atoms. The minimum Gasteiger partial charge on any atom is -0.220 e. The van der Waals surface area contributed by atoms with Crippen LogP contribution in [0.3, 0.4) is 0 Å². The number of hydrogen-bond donors (Lipinski definition) is 2. The average Bonchev–Trinajstić information content (AvgIpc) is 2.61. The lowest BCUT2D eigenvalue weighted by atomic mass is 10.0. The van der Waals surface area contributed by atoms with Crippen LogP contribution in [0.1, 0.15) is 130 Å². The maximum atomic E-state index is 9.88. The molecule has 3 heteroatoms. The molecule has 0 spiro atoms. The van der Waals surface area contributed by atoms with Gasteiger partial charge in [-0.15, -0.1) is 0 Å². The Morgan fingerprint density at radius 1 is 0.560 bits per heavy atom. The summed E-state index contributed by atoms with van der Waals surface area (Å²) in [6, 6.07) is 0. The quantitative estimate of drug-likeness (QED) is 0.178. The van der Waals surface area contributed by atoms with Gasteiger partial charge >= 0.3 is 0 Å². The van der Waals surface area contributed by atoms with Crippen LogP contribution >= 0.6 is 7.72 Å². The third-order valence-electron chi connectivity index (χ3n) is 5.65. The topological polar surface area (TPSA) is 40.5 Å². The van der Waals surface area contributed by atoms with Crippen LogP contribution in [0.5, 0.6) is 0 Å². The average molecular weight is 376 g/mol. The molecule has 0 aliphatic heterocycles. The zero-order valence-corrected chi connectivity index (χ0v) is 18.5. The van der Waals surface area contributed by atoms with Gasteiger partial charge < -0.3 is 0 Å². The fourth-order valence-electron chi connectivity index (χ4n) is 3.51. The van der Waals surface area contributed by atoms with Crippen molar-refractivity contribution >= 4 is 7.72 Å². The Labute approximate surface area is 159 Å². The molecule has 0 aliphatic rings. The van der Waals surface area contributed by atoms with E-state index in [-0.39, 0.29) is 5.66 Å². The molecular weight excluding hydrogens is 327 g/mol. The van der Waals surface area contributed by atoms with Gasteiger partial charge in [-0.25, -0.2) is 9.79 Å². The summed E-state index contributed by atoms with van der Waals surface area (Å²) in [5, 5.41) is 0. The fourth-order valence-corrected chi connectivity index (χ4v) is 4.73. The second kappa shape index (κ2) is 17.7. The lowest BCUT2D eigenvalue weighted by Gasteiger charge is -2.17. The zero-order chi connectivity index (χ0) is 18.8. The van der Waals surface area contributed by atoms with Gasteiger partial charge in [0, 0.05) is 0 Å². The highest BCUT2D eigenvalue weighted by molar-refractivity contribution is 7.65. The maximum absolute atomic E-state index is 9.88. The van der Waals surface area contributed by atoms with E-state index < -0.39 is 7.72 Å². The Morgan fingerprint density at radius 2 is 0.880 bits per heavy atom. The van der Waals surface area contributed by atoms with Gasteiger partial charge in [0.1, 0.15) is 11.8 Å². The smallest absolute Gasteiger partial charge is 0.220 e. The summed E-state index contributed by atoms with van der Waals surface area (Å²) in [7, 11) is -2.60. The van der Waals surface area contributed by atoms with E-state index in [1.54, 1.807) is 0 Å². The third kappa shape index (κ3) is 16.3. The van der Waals surface area contributed by atoms with E-state index in [0.29, 0.717) is 6.16 Å².